The molecule has 0 spiro atoms. The molecule has 360 valence electrons. The lowest BCUT2D eigenvalue weighted by molar-refractivity contribution is -0.166. The van der Waals surface area contributed by atoms with Gasteiger partial charge in [-0.3, -0.25) is 14.4 Å². The summed E-state index contributed by atoms with van der Waals surface area (Å²) in [5.41, 5.74) is 0. The predicted octanol–water partition coefficient (Wildman–Crippen LogP) is 17.2. The van der Waals surface area contributed by atoms with Gasteiger partial charge in [-0.2, -0.15) is 0 Å². The normalized spacial score (nSPS) is 12.7. The quantitative estimate of drug-likeness (QED) is 0.0262. The number of unbranched alkanes of at least 4 members (excludes halogenated alkanes) is 21. The highest BCUT2D eigenvalue weighted by atomic mass is 16.6. The van der Waals surface area contributed by atoms with E-state index in [9.17, 15) is 14.4 Å². The summed E-state index contributed by atoms with van der Waals surface area (Å²) >= 11 is 0. The van der Waals surface area contributed by atoms with Gasteiger partial charge in [0.05, 0.1) is 0 Å². The van der Waals surface area contributed by atoms with Gasteiger partial charge in [0.2, 0.25) is 0 Å². The summed E-state index contributed by atoms with van der Waals surface area (Å²) in [6.45, 7) is 6.48. The number of hydrogen-bond acceptors (Lipinski definition) is 6. The first-order chi connectivity index (χ1) is 31.0. The third-order valence-electron chi connectivity index (χ3n) is 10.9. The first kappa shape index (κ1) is 59.6. The summed E-state index contributed by atoms with van der Waals surface area (Å²) in [5, 5.41) is 0. The fourth-order valence-corrected chi connectivity index (χ4v) is 6.87. The van der Waals surface area contributed by atoms with Gasteiger partial charge in [-0.05, 0) is 103 Å². The van der Waals surface area contributed by atoms with E-state index in [1.807, 2.05) is 6.08 Å². The van der Waals surface area contributed by atoms with Crippen molar-refractivity contribution in [3.05, 3.63) is 85.1 Å². The molecule has 0 aromatic carbocycles. The largest absolute Gasteiger partial charge is 0.462 e. The van der Waals surface area contributed by atoms with Crippen molar-refractivity contribution in [2.24, 2.45) is 0 Å². The monoisotopic (exact) mass is 877 g/mol. The molecule has 6 heteroatoms. The topological polar surface area (TPSA) is 78.9 Å². The molecule has 0 amide bonds. The molecular formula is C57H96O6. The second-order valence-corrected chi connectivity index (χ2v) is 17.1. The average molecular weight is 877 g/mol. The molecule has 0 saturated heterocycles. The maximum Gasteiger partial charge on any atom is 0.306 e. The van der Waals surface area contributed by atoms with Crippen LogP contribution in [0.25, 0.3) is 0 Å². The van der Waals surface area contributed by atoms with Crippen LogP contribution in [0.15, 0.2) is 85.1 Å². The molecule has 6 nitrogen and oxygen atoms in total. The van der Waals surface area contributed by atoms with Crippen molar-refractivity contribution >= 4 is 17.9 Å². The number of hydrogen-bond donors (Lipinski definition) is 0. The molecule has 0 aliphatic rings. The van der Waals surface area contributed by atoms with Crippen LogP contribution in [0.5, 0.6) is 0 Å². The summed E-state index contributed by atoms with van der Waals surface area (Å²) in [4.78, 5) is 37.9. The maximum absolute atomic E-state index is 12.8. The summed E-state index contributed by atoms with van der Waals surface area (Å²) in [5.74, 6) is -1.01. The molecule has 0 rings (SSSR count). The van der Waals surface area contributed by atoms with Crippen LogP contribution in [-0.4, -0.2) is 37.2 Å². The summed E-state index contributed by atoms with van der Waals surface area (Å²) < 4.78 is 16.7. The van der Waals surface area contributed by atoms with Gasteiger partial charge < -0.3 is 14.2 Å². The Labute approximate surface area is 388 Å². The number of esters is 3. The van der Waals surface area contributed by atoms with Crippen LogP contribution in [-0.2, 0) is 28.6 Å². The van der Waals surface area contributed by atoms with E-state index < -0.39 is 6.10 Å². The number of ether oxygens (including phenoxy) is 3. The highest BCUT2D eigenvalue weighted by Crippen LogP contribution is 2.13. The smallest absolute Gasteiger partial charge is 0.306 e. The number of carbonyl (C=O) groups is 3. The lowest BCUT2D eigenvalue weighted by Crippen LogP contribution is -2.30. The summed E-state index contributed by atoms with van der Waals surface area (Å²) in [7, 11) is 0. The standard InChI is InChI=1S/C57H96O6/c1-4-7-10-13-16-19-22-24-26-27-28-29-31-33-36-38-41-44-47-50-56(59)62-53-54(63-57(60)51-48-45-42-39-34-21-18-15-12-9-6-3)52-61-55(58)49-46-43-40-37-35-32-30-25-23-20-17-14-11-8-5-2/h15-16,18-19,24-26,28-30,33,36,41,44,54H,4-14,17,20-23,27,31-32,34-35,37-40,42-43,45-53H2,1-3H3/b18-15-,19-16-,26-24-,29-28-,30-25-,36-33-,44-41-/t54-/m0/s1. The molecule has 0 unspecified atom stereocenters. The molecular weight excluding hydrogens is 781 g/mol. The van der Waals surface area contributed by atoms with Gasteiger partial charge in [0.1, 0.15) is 13.2 Å². The first-order valence-corrected chi connectivity index (χ1v) is 26.1. The second-order valence-electron chi connectivity index (χ2n) is 17.1. The van der Waals surface area contributed by atoms with Gasteiger partial charge in [0.15, 0.2) is 6.10 Å². The summed E-state index contributed by atoms with van der Waals surface area (Å²) in [6, 6.07) is 0. The Hall–Kier alpha value is -3.41. The fraction of sp³-hybridized carbons (Fsp3) is 0.702. The Morgan fingerprint density at radius 2 is 0.619 bits per heavy atom. The predicted molar refractivity (Wildman–Crippen MR) is 270 cm³/mol. The number of allylic oxidation sites excluding steroid dienone is 14. The van der Waals surface area contributed by atoms with Crippen molar-refractivity contribution in [2.75, 3.05) is 13.2 Å². The van der Waals surface area contributed by atoms with Crippen LogP contribution < -0.4 is 0 Å². The highest BCUT2D eigenvalue weighted by molar-refractivity contribution is 5.71. The first-order valence-electron chi connectivity index (χ1n) is 26.1. The molecule has 0 aromatic rings. The molecule has 1 atom stereocenters. The molecule has 0 aromatic heterocycles. The zero-order chi connectivity index (χ0) is 45.8. The van der Waals surface area contributed by atoms with Crippen LogP contribution in [0.3, 0.4) is 0 Å². The van der Waals surface area contributed by atoms with Crippen molar-refractivity contribution in [3.63, 3.8) is 0 Å². The molecule has 0 radical (unpaired) electrons. The van der Waals surface area contributed by atoms with Gasteiger partial charge in [-0.1, -0.05) is 202 Å². The van der Waals surface area contributed by atoms with Gasteiger partial charge >= 0.3 is 17.9 Å². The Kier molecular flexibility index (Phi) is 48.5. The minimum atomic E-state index is -0.813. The maximum atomic E-state index is 12.8. The van der Waals surface area contributed by atoms with E-state index in [-0.39, 0.29) is 37.5 Å². The Morgan fingerprint density at radius 1 is 0.317 bits per heavy atom. The zero-order valence-corrected chi connectivity index (χ0v) is 41.1. The average Bonchev–Trinajstić information content (AvgIpc) is 3.28. The third-order valence-corrected chi connectivity index (χ3v) is 10.9. The molecule has 0 N–H and O–H groups in total. The number of carbonyl (C=O) groups excluding carboxylic acids is 3. The van der Waals surface area contributed by atoms with Crippen molar-refractivity contribution in [3.8, 4) is 0 Å². The van der Waals surface area contributed by atoms with Gasteiger partial charge in [0, 0.05) is 19.3 Å². The molecule has 0 saturated carbocycles. The van der Waals surface area contributed by atoms with Crippen LogP contribution in [0, 0.1) is 0 Å². The van der Waals surface area contributed by atoms with Crippen LogP contribution in [0.1, 0.15) is 239 Å². The lowest BCUT2D eigenvalue weighted by Gasteiger charge is -2.18. The minimum absolute atomic E-state index is 0.107. The Bertz CT molecular complexity index is 1240. The van der Waals surface area contributed by atoms with Crippen molar-refractivity contribution < 1.29 is 28.6 Å². The molecule has 0 aliphatic carbocycles. The third kappa shape index (κ3) is 49.5. The highest BCUT2D eigenvalue weighted by Gasteiger charge is 2.19. The van der Waals surface area contributed by atoms with E-state index >= 15 is 0 Å². The second kappa shape index (κ2) is 51.2. The van der Waals surface area contributed by atoms with Crippen LogP contribution >= 0.6 is 0 Å². The number of rotatable bonds is 46. The fourth-order valence-electron chi connectivity index (χ4n) is 6.87. The van der Waals surface area contributed by atoms with E-state index in [1.165, 1.54) is 103 Å². The van der Waals surface area contributed by atoms with E-state index in [1.54, 1.807) is 0 Å². The van der Waals surface area contributed by atoms with Crippen molar-refractivity contribution in [2.45, 2.75) is 245 Å². The van der Waals surface area contributed by atoms with Crippen LogP contribution in [0.4, 0.5) is 0 Å². The van der Waals surface area contributed by atoms with E-state index in [0.29, 0.717) is 19.3 Å². The van der Waals surface area contributed by atoms with E-state index in [4.69, 9.17) is 14.2 Å². The lowest BCUT2D eigenvalue weighted by atomic mass is 10.1. The molecule has 63 heavy (non-hydrogen) atoms. The molecule has 0 fully saturated rings. The molecule has 0 heterocycles. The van der Waals surface area contributed by atoms with E-state index in [0.717, 1.165) is 89.9 Å². The van der Waals surface area contributed by atoms with Gasteiger partial charge in [-0.25, -0.2) is 0 Å². The molecule has 0 bridgehead atoms. The van der Waals surface area contributed by atoms with Crippen LogP contribution in [0.2, 0.25) is 0 Å². The van der Waals surface area contributed by atoms with Gasteiger partial charge in [-0.15, -0.1) is 0 Å². The van der Waals surface area contributed by atoms with Crippen molar-refractivity contribution in [1.29, 1.82) is 0 Å². The zero-order valence-electron chi connectivity index (χ0n) is 41.1. The van der Waals surface area contributed by atoms with Gasteiger partial charge in [0.25, 0.3) is 0 Å². The SMILES string of the molecule is CCCC/C=C\CCCCCCCC(=O)O[C@H](COC(=O)CC/C=C\C/C=C\C/C=C\C/C=C\C/C=C\CCCCC)COC(=O)CCCCCCC/C=C\CCCCCCCC. The minimum Gasteiger partial charge on any atom is -0.462 e. The van der Waals surface area contributed by atoms with E-state index in [2.05, 4.69) is 99.8 Å². The summed E-state index contributed by atoms with van der Waals surface area (Å²) in [6.07, 6.45) is 65.8. The Morgan fingerprint density at radius 3 is 1.08 bits per heavy atom. The molecule has 0 aliphatic heterocycles. The Balaban J connectivity index is 4.48. The van der Waals surface area contributed by atoms with Crippen molar-refractivity contribution in [1.82, 2.24) is 0 Å².